The third kappa shape index (κ3) is 4.79. The number of hydrogen-bond acceptors (Lipinski definition) is 1. The van der Waals surface area contributed by atoms with Crippen LogP contribution in [0.15, 0.2) is 99.6 Å². The Labute approximate surface area is 147 Å². The van der Waals surface area contributed by atoms with E-state index in [1.54, 1.807) is 12.1 Å². The van der Waals surface area contributed by atoms with Gasteiger partial charge in [-0.15, -0.1) is 0 Å². The topological polar surface area (TPSA) is 9.23 Å². The fraction of sp³-hybridized carbons (Fsp3) is 0.100. The summed E-state index contributed by atoms with van der Waals surface area (Å²) in [6.07, 6.45) is -4.34. The molecule has 3 aromatic carbocycles. The second-order valence-corrected chi connectivity index (χ2v) is 7.33. The van der Waals surface area contributed by atoms with E-state index in [4.69, 9.17) is 4.74 Å². The smallest absolute Gasteiger partial charge is 0.422 e. The molecular weight excluding hydrogens is 345 g/mol. The van der Waals surface area contributed by atoms with Crippen molar-refractivity contribution in [1.29, 1.82) is 0 Å². The Morgan fingerprint density at radius 2 is 1.08 bits per heavy atom. The zero-order valence-electron chi connectivity index (χ0n) is 13.2. The average molecular weight is 361 g/mol. The predicted molar refractivity (Wildman–Crippen MR) is 93.0 cm³/mol. The Bertz CT molecular complexity index is 747. The van der Waals surface area contributed by atoms with Crippen LogP contribution in [0.3, 0.4) is 0 Å². The van der Waals surface area contributed by atoms with E-state index >= 15 is 0 Å². The first-order valence-corrected chi connectivity index (χ1v) is 8.89. The summed E-state index contributed by atoms with van der Waals surface area (Å²) in [5.41, 5.74) is 0. The minimum absolute atomic E-state index is 0.214. The summed E-state index contributed by atoms with van der Waals surface area (Å²) in [5.74, 6) is 0.214. The van der Waals surface area contributed by atoms with E-state index in [9.17, 15) is 13.2 Å². The summed E-state index contributed by atoms with van der Waals surface area (Å²) in [5, 5.41) is 0. The SMILES string of the molecule is FC(F)(F)COc1ccc([S+](c2ccccc2)c2ccccc2)cc1. The van der Waals surface area contributed by atoms with Crippen molar-refractivity contribution < 1.29 is 17.9 Å². The summed E-state index contributed by atoms with van der Waals surface area (Å²) in [7, 11) is -0.322. The van der Waals surface area contributed by atoms with Crippen LogP contribution in [0.4, 0.5) is 13.2 Å². The first-order valence-electron chi connectivity index (χ1n) is 7.67. The summed E-state index contributed by atoms with van der Waals surface area (Å²) in [4.78, 5) is 3.33. The van der Waals surface area contributed by atoms with E-state index in [1.807, 2.05) is 48.5 Å². The molecule has 0 unspecified atom stereocenters. The average Bonchev–Trinajstić information content (AvgIpc) is 2.62. The molecule has 0 bridgehead atoms. The van der Waals surface area contributed by atoms with E-state index in [-0.39, 0.29) is 16.6 Å². The lowest BCUT2D eigenvalue weighted by molar-refractivity contribution is -0.153. The molecule has 0 aliphatic rings. The monoisotopic (exact) mass is 361 g/mol. The highest BCUT2D eigenvalue weighted by molar-refractivity contribution is 7.97. The van der Waals surface area contributed by atoms with Crippen molar-refractivity contribution in [2.24, 2.45) is 0 Å². The maximum absolute atomic E-state index is 12.3. The van der Waals surface area contributed by atoms with E-state index in [2.05, 4.69) is 24.3 Å². The fourth-order valence-corrected chi connectivity index (χ4v) is 4.44. The van der Waals surface area contributed by atoms with Crippen LogP contribution in [0.5, 0.6) is 5.75 Å². The van der Waals surface area contributed by atoms with Crippen LogP contribution in [0.25, 0.3) is 0 Å². The molecule has 0 aliphatic carbocycles. The van der Waals surface area contributed by atoms with Crippen LogP contribution in [-0.4, -0.2) is 12.8 Å². The zero-order valence-corrected chi connectivity index (χ0v) is 14.1. The number of ether oxygens (including phenoxy) is 1. The van der Waals surface area contributed by atoms with Gasteiger partial charge in [0.1, 0.15) is 5.75 Å². The summed E-state index contributed by atoms with van der Waals surface area (Å²) in [6.45, 7) is -1.28. The molecule has 0 amide bonds. The molecule has 0 heterocycles. The van der Waals surface area contributed by atoms with Gasteiger partial charge in [-0.2, -0.15) is 13.2 Å². The molecular formula is C20H16F3OS+. The van der Waals surface area contributed by atoms with Crippen molar-refractivity contribution in [2.75, 3.05) is 6.61 Å². The molecule has 0 aromatic heterocycles. The Balaban J connectivity index is 1.89. The summed E-state index contributed by atoms with van der Waals surface area (Å²) >= 11 is 0. The minimum Gasteiger partial charge on any atom is -0.484 e. The largest absolute Gasteiger partial charge is 0.484 e. The van der Waals surface area contributed by atoms with Crippen molar-refractivity contribution >= 4 is 10.9 Å². The van der Waals surface area contributed by atoms with Gasteiger partial charge >= 0.3 is 6.18 Å². The number of alkyl halides is 3. The van der Waals surface area contributed by atoms with Crippen LogP contribution in [0, 0.1) is 0 Å². The zero-order chi connectivity index (χ0) is 17.7. The fourth-order valence-electron chi connectivity index (χ4n) is 2.36. The van der Waals surface area contributed by atoms with Gasteiger partial charge in [-0.1, -0.05) is 36.4 Å². The van der Waals surface area contributed by atoms with E-state index in [0.29, 0.717) is 0 Å². The normalized spacial score (nSPS) is 11.5. The van der Waals surface area contributed by atoms with Crippen LogP contribution in [0.2, 0.25) is 0 Å². The second kappa shape index (κ2) is 7.66. The molecule has 0 fully saturated rings. The quantitative estimate of drug-likeness (QED) is 0.528. The molecule has 3 aromatic rings. The van der Waals surface area contributed by atoms with Crippen molar-refractivity contribution in [3.8, 4) is 5.75 Å². The van der Waals surface area contributed by atoms with Gasteiger partial charge in [0.15, 0.2) is 21.3 Å². The second-order valence-electron chi connectivity index (χ2n) is 5.31. The molecule has 0 saturated heterocycles. The van der Waals surface area contributed by atoms with Gasteiger partial charge in [0.05, 0.1) is 10.9 Å². The van der Waals surface area contributed by atoms with Gasteiger partial charge in [-0.05, 0) is 48.5 Å². The van der Waals surface area contributed by atoms with Gasteiger partial charge in [-0.3, -0.25) is 0 Å². The molecule has 0 aliphatic heterocycles. The Morgan fingerprint density at radius 3 is 1.52 bits per heavy atom. The van der Waals surface area contributed by atoms with Crippen LogP contribution in [0.1, 0.15) is 0 Å². The molecule has 0 atom stereocenters. The molecule has 25 heavy (non-hydrogen) atoms. The Morgan fingerprint density at radius 1 is 0.640 bits per heavy atom. The maximum atomic E-state index is 12.3. The van der Waals surface area contributed by atoms with E-state index < -0.39 is 12.8 Å². The highest BCUT2D eigenvalue weighted by Gasteiger charge is 2.30. The number of hydrogen-bond donors (Lipinski definition) is 0. The molecule has 5 heteroatoms. The van der Waals surface area contributed by atoms with Crippen LogP contribution >= 0.6 is 0 Å². The highest BCUT2D eigenvalue weighted by atomic mass is 32.2. The molecule has 0 radical (unpaired) electrons. The van der Waals surface area contributed by atoms with Crippen LogP contribution < -0.4 is 4.74 Å². The molecule has 0 spiro atoms. The first kappa shape index (κ1) is 17.4. The number of benzene rings is 3. The molecule has 0 N–H and O–H groups in total. The van der Waals surface area contributed by atoms with Gasteiger partial charge in [0.2, 0.25) is 0 Å². The lowest BCUT2D eigenvalue weighted by Gasteiger charge is -2.10. The minimum atomic E-state index is -4.34. The third-order valence-corrected chi connectivity index (χ3v) is 5.65. The standard InChI is InChI=1S/C20H16F3OS/c21-20(22,23)15-24-16-11-13-19(14-12-16)25(17-7-3-1-4-8-17)18-9-5-2-6-10-18/h1-14H,15H2/q+1. The predicted octanol–water partition coefficient (Wildman–Crippen LogP) is 5.72. The van der Waals surface area contributed by atoms with Crippen molar-refractivity contribution in [1.82, 2.24) is 0 Å². The van der Waals surface area contributed by atoms with Gasteiger partial charge in [0.25, 0.3) is 0 Å². The van der Waals surface area contributed by atoms with Crippen molar-refractivity contribution in [2.45, 2.75) is 20.9 Å². The molecule has 128 valence electrons. The first-order chi connectivity index (χ1) is 12.0. The molecule has 1 nitrogen and oxygen atoms in total. The van der Waals surface area contributed by atoms with Crippen LogP contribution in [-0.2, 0) is 10.9 Å². The summed E-state index contributed by atoms with van der Waals surface area (Å²) in [6, 6.07) is 26.9. The lowest BCUT2D eigenvalue weighted by Crippen LogP contribution is -2.19. The maximum Gasteiger partial charge on any atom is 0.422 e. The third-order valence-electron chi connectivity index (χ3n) is 3.42. The lowest BCUT2D eigenvalue weighted by atomic mass is 10.3. The summed E-state index contributed by atoms with van der Waals surface area (Å²) < 4.78 is 41.6. The molecule has 0 saturated carbocycles. The van der Waals surface area contributed by atoms with Crippen molar-refractivity contribution in [3.05, 3.63) is 84.9 Å². The highest BCUT2D eigenvalue weighted by Crippen LogP contribution is 2.32. The van der Waals surface area contributed by atoms with E-state index in [1.165, 1.54) is 0 Å². The number of rotatable bonds is 5. The van der Waals surface area contributed by atoms with Gasteiger partial charge in [-0.25, -0.2) is 0 Å². The van der Waals surface area contributed by atoms with Gasteiger partial charge < -0.3 is 4.74 Å². The van der Waals surface area contributed by atoms with Gasteiger partial charge in [0, 0.05) is 0 Å². The van der Waals surface area contributed by atoms with Crippen molar-refractivity contribution in [3.63, 3.8) is 0 Å². The Kier molecular flexibility index (Phi) is 5.34. The Hall–Kier alpha value is -2.40. The van der Waals surface area contributed by atoms with E-state index in [0.717, 1.165) is 14.7 Å². The number of halogens is 3. The molecule has 3 rings (SSSR count).